The van der Waals surface area contributed by atoms with E-state index in [0.29, 0.717) is 43.9 Å². The molecule has 3 saturated carbocycles. The molecule has 0 spiro atoms. The first kappa shape index (κ1) is 37.7. The molecule has 4 aliphatic carbocycles. The monoisotopic (exact) mass is 696 g/mol. The van der Waals surface area contributed by atoms with Gasteiger partial charge in [-0.05, 0) is 80.5 Å². The van der Waals surface area contributed by atoms with Crippen LogP contribution in [0.25, 0.3) is 0 Å². The smallest absolute Gasteiger partial charge is 0.186 e. The third-order valence-corrected chi connectivity index (χ3v) is 13.9. The Kier molecular flexibility index (Phi) is 10.8. The average Bonchev–Trinajstić information content (AvgIpc) is 3.29. The Hall–Kier alpha value is -1.03. The van der Waals surface area contributed by atoms with Gasteiger partial charge in [-0.1, -0.05) is 46.3 Å². The van der Waals surface area contributed by atoms with E-state index < -0.39 is 72.2 Å². The fourth-order valence-corrected chi connectivity index (χ4v) is 10.8. The van der Waals surface area contributed by atoms with Gasteiger partial charge in [0.2, 0.25) is 0 Å². The van der Waals surface area contributed by atoms with Gasteiger partial charge in [0.25, 0.3) is 0 Å². The van der Waals surface area contributed by atoms with E-state index >= 15 is 0 Å². The number of hydrogen-bond acceptors (Lipinski definition) is 12. The summed E-state index contributed by atoms with van der Waals surface area (Å²) in [6, 6.07) is 0. The molecule has 6 rings (SSSR count). The number of ketones is 1. The molecular weight excluding hydrogens is 636 g/mol. The predicted octanol–water partition coefficient (Wildman–Crippen LogP) is 1.58. The van der Waals surface area contributed by atoms with E-state index in [9.17, 15) is 40.5 Å². The lowest BCUT2D eigenvalue weighted by Crippen LogP contribution is -2.63. The van der Waals surface area contributed by atoms with Crippen molar-refractivity contribution < 1.29 is 59.5 Å². The number of aliphatic hydroxyl groups excluding tert-OH is 6. The van der Waals surface area contributed by atoms with E-state index in [1.54, 1.807) is 6.92 Å². The molecule has 5 fully saturated rings. The van der Waals surface area contributed by atoms with Crippen LogP contribution >= 0.6 is 0 Å². The number of carbonyl (C=O) groups excluding carboxylic acids is 1. The molecule has 2 saturated heterocycles. The van der Waals surface area contributed by atoms with E-state index in [2.05, 4.69) is 33.8 Å². The first-order valence-corrected chi connectivity index (χ1v) is 18.6. The molecule has 0 bridgehead atoms. The molecule has 0 amide bonds. The standard InChI is InChI=1S/C37H60O12/c1-18(2)6-9-25(39)19(3)37(45)28(48-34-31(44)32(27(41)17-47-34)49-33-30(43)29(42)26(40)16-46-33)15-24-22-8-7-20-14-21(38)10-12-35(20,4)23(22)11-13-36(24,37)5/h7,18-19,21-24,26-34,38,40-45H,6,8-17H2,1-5H3/t19-,21+,22-,23?,24+,26?,27?,28+,29?,30?,31?,32?,33?,34?,35+,36+,37-/m1/s1. The Labute approximate surface area is 289 Å². The number of carbonyl (C=O) groups is 1. The minimum atomic E-state index is -1.63. The van der Waals surface area contributed by atoms with Crippen molar-refractivity contribution in [1.29, 1.82) is 0 Å². The largest absolute Gasteiger partial charge is 0.393 e. The molecule has 0 aromatic heterocycles. The maximum absolute atomic E-state index is 13.8. The Morgan fingerprint density at radius 3 is 2.27 bits per heavy atom. The summed E-state index contributed by atoms with van der Waals surface area (Å²) in [7, 11) is 0. The topological polar surface area (TPSA) is 196 Å². The van der Waals surface area contributed by atoms with Crippen LogP contribution < -0.4 is 0 Å². The second-order valence-corrected chi connectivity index (χ2v) is 17.0. The maximum Gasteiger partial charge on any atom is 0.186 e. The lowest BCUT2D eigenvalue weighted by atomic mass is 9.46. The number of aliphatic hydroxyl groups is 7. The van der Waals surface area contributed by atoms with Crippen LogP contribution in [0.1, 0.15) is 92.4 Å². The summed E-state index contributed by atoms with van der Waals surface area (Å²) < 4.78 is 23.6. The summed E-state index contributed by atoms with van der Waals surface area (Å²) in [6.07, 6.45) is -4.08. The van der Waals surface area contributed by atoms with Gasteiger partial charge in [0.1, 0.15) is 48.0 Å². The summed E-state index contributed by atoms with van der Waals surface area (Å²) >= 11 is 0. The van der Waals surface area contributed by atoms with Crippen molar-refractivity contribution in [2.45, 2.75) is 159 Å². The summed E-state index contributed by atoms with van der Waals surface area (Å²) in [5.74, 6) is 0.160. The first-order valence-electron chi connectivity index (χ1n) is 18.6. The van der Waals surface area contributed by atoms with Crippen molar-refractivity contribution in [3.63, 3.8) is 0 Å². The Balaban J connectivity index is 1.28. The molecule has 17 atom stereocenters. The summed E-state index contributed by atoms with van der Waals surface area (Å²) in [5, 5.41) is 76.2. The normalized spacial score (nSPS) is 50.6. The first-order chi connectivity index (χ1) is 23.0. The SMILES string of the molecule is CC(C)CCC(=O)[C@@H](C)[C@@]1(O)[C@@H](OC2OCC(O)C(OC3OCC(O)C(O)C3O)C2O)C[C@H]2[C@@H]3CC=C4C[C@@H](O)CC[C@]4(C)C3CC[C@@]21C. The van der Waals surface area contributed by atoms with Crippen LogP contribution in [0.5, 0.6) is 0 Å². The third-order valence-electron chi connectivity index (χ3n) is 13.9. The van der Waals surface area contributed by atoms with Crippen LogP contribution in [0.4, 0.5) is 0 Å². The van der Waals surface area contributed by atoms with E-state index in [1.807, 2.05) is 0 Å². The zero-order valence-corrected chi connectivity index (χ0v) is 29.7. The van der Waals surface area contributed by atoms with Crippen LogP contribution in [0.3, 0.4) is 0 Å². The zero-order valence-electron chi connectivity index (χ0n) is 29.7. The minimum absolute atomic E-state index is 0.0140. The van der Waals surface area contributed by atoms with Gasteiger partial charge in [0.05, 0.1) is 25.4 Å². The van der Waals surface area contributed by atoms with E-state index in [-0.39, 0.29) is 42.4 Å². The van der Waals surface area contributed by atoms with Gasteiger partial charge in [-0.2, -0.15) is 0 Å². The van der Waals surface area contributed by atoms with Crippen molar-refractivity contribution >= 4 is 5.78 Å². The highest BCUT2D eigenvalue weighted by Gasteiger charge is 2.70. The van der Waals surface area contributed by atoms with Crippen molar-refractivity contribution in [1.82, 2.24) is 0 Å². The fraction of sp³-hybridized carbons (Fsp3) is 0.919. The number of hydrogen-bond donors (Lipinski definition) is 7. The van der Waals surface area contributed by atoms with E-state index in [1.165, 1.54) is 5.57 Å². The molecule has 49 heavy (non-hydrogen) atoms. The van der Waals surface area contributed by atoms with Gasteiger partial charge in [0.15, 0.2) is 12.6 Å². The van der Waals surface area contributed by atoms with Crippen LogP contribution in [-0.2, 0) is 23.7 Å². The second-order valence-electron chi connectivity index (χ2n) is 17.0. The van der Waals surface area contributed by atoms with Gasteiger partial charge in [-0.25, -0.2) is 0 Å². The molecule has 12 nitrogen and oxygen atoms in total. The number of ether oxygens (including phenoxy) is 4. The van der Waals surface area contributed by atoms with Crippen LogP contribution in [-0.4, -0.2) is 122 Å². The predicted molar refractivity (Wildman–Crippen MR) is 176 cm³/mol. The summed E-state index contributed by atoms with van der Waals surface area (Å²) in [4.78, 5) is 13.8. The lowest BCUT2D eigenvalue weighted by Gasteiger charge is -2.59. The minimum Gasteiger partial charge on any atom is -0.393 e. The molecule has 2 aliphatic heterocycles. The van der Waals surface area contributed by atoms with Gasteiger partial charge < -0.3 is 54.7 Å². The van der Waals surface area contributed by atoms with Crippen LogP contribution in [0, 0.1) is 40.4 Å². The van der Waals surface area contributed by atoms with Gasteiger partial charge in [-0.15, -0.1) is 0 Å². The summed E-state index contributed by atoms with van der Waals surface area (Å²) in [5.41, 5.74) is -0.944. The second kappa shape index (κ2) is 14.1. The molecule has 2 heterocycles. The van der Waals surface area contributed by atoms with Gasteiger partial charge in [-0.3, -0.25) is 4.79 Å². The van der Waals surface area contributed by atoms with E-state index in [4.69, 9.17) is 18.9 Å². The maximum atomic E-state index is 13.8. The Bertz CT molecular complexity index is 1230. The molecule has 0 aromatic carbocycles. The molecule has 7 N–H and O–H groups in total. The van der Waals surface area contributed by atoms with Crippen LogP contribution in [0.15, 0.2) is 11.6 Å². The third kappa shape index (κ3) is 6.38. The number of fused-ring (bicyclic) bond motifs is 5. The zero-order chi connectivity index (χ0) is 35.6. The van der Waals surface area contributed by atoms with Crippen molar-refractivity contribution in [3.05, 3.63) is 11.6 Å². The molecule has 6 aliphatic rings. The quantitative estimate of drug-likeness (QED) is 0.172. The highest BCUT2D eigenvalue weighted by Crippen LogP contribution is 2.69. The highest BCUT2D eigenvalue weighted by molar-refractivity contribution is 5.82. The number of allylic oxidation sites excluding steroid dienone is 1. The molecule has 0 radical (unpaired) electrons. The van der Waals surface area contributed by atoms with Gasteiger partial charge >= 0.3 is 0 Å². The fourth-order valence-electron chi connectivity index (χ4n) is 10.8. The highest BCUT2D eigenvalue weighted by atomic mass is 16.7. The molecule has 0 aromatic rings. The molecule has 280 valence electrons. The average molecular weight is 697 g/mol. The van der Waals surface area contributed by atoms with Crippen LogP contribution in [0.2, 0.25) is 0 Å². The number of Topliss-reactive ketones (excluding diaryl/α,β-unsaturated/α-hetero) is 1. The summed E-state index contributed by atoms with van der Waals surface area (Å²) in [6.45, 7) is 9.78. The van der Waals surface area contributed by atoms with Crippen molar-refractivity contribution in [3.8, 4) is 0 Å². The van der Waals surface area contributed by atoms with Crippen molar-refractivity contribution in [2.75, 3.05) is 13.2 Å². The molecule has 9 unspecified atom stereocenters. The Morgan fingerprint density at radius 1 is 0.898 bits per heavy atom. The lowest BCUT2D eigenvalue weighted by molar-refractivity contribution is -0.344. The van der Waals surface area contributed by atoms with Crippen molar-refractivity contribution in [2.24, 2.45) is 40.4 Å². The number of rotatable bonds is 9. The van der Waals surface area contributed by atoms with E-state index in [0.717, 1.165) is 25.7 Å². The Morgan fingerprint density at radius 2 is 1.57 bits per heavy atom. The van der Waals surface area contributed by atoms with Gasteiger partial charge in [0, 0.05) is 17.8 Å². The molecular formula is C37H60O12. The molecule has 12 heteroatoms.